The highest BCUT2D eigenvalue weighted by molar-refractivity contribution is 5.79. The SMILES string of the molecule is Cc1cccc(-c2nc3n(c2-c2ccnc(NCC(C)O)c2)C2CCC3C2)n1. The third kappa shape index (κ3) is 2.88. The molecule has 3 aromatic rings. The van der Waals surface area contributed by atoms with Crippen LogP contribution in [0.3, 0.4) is 0 Å². The number of aromatic nitrogens is 4. The van der Waals surface area contributed by atoms with E-state index >= 15 is 0 Å². The maximum atomic E-state index is 9.57. The minimum Gasteiger partial charge on any atom is -0.392 e. The molecule has 1 fully saturated rings. The number of nitrogens with one attached hydrogen (secondary N) is 1. The molecule has 6 nitrogen and oxygen atoms in total. The number of pyridine rings is 2. The molecule has 0 spiro atoms. The van der Waals surface area contributed by atoms with Gasteiger partial charge >= 0.3 is 0 Å². The Labute approximate surface area is 164 Å². The number of hydrogen-bond donors (Lipinski definition) is 2. The molecule has 0 radical (unpaired) electrons. The van der Waals surface area contributed by atoms with Gasteiger partial charge in [0.05, 0.1) is 17.5 Å². The molecule has 3 aromatic heterocycles. The lowest BCUT2D eigenvalue weighted by Crippen LogP contribution is -2.16. The second-order valence-electron chi connectivity index (χ2n) is 8.02. The summed E-state index contributed by atoms with van der Waals surface area (Å²) in [5, 5.41) is 12.8. The quantitative estimate of drug-likeness (QED) is 0.707. The van der Waals surface area contributed by atoms with Crippen LogP contribution in [0.25, 0.3) is 22.6 Å². The van der Waals surface area contributed by atoms with Gasteiger partial charge in [-0.1, -0.05) is 6.07 Å². The first-order valence-electron chi connectivity index (χ1n) is 10.0. The van der Waals surface area contributed by atoms with Crippen molar-refractivity contribution in [2.45, 2.75) is 51.2 Å². The second-order valence-corrected chi connectivity index (χ2v) is 8.02. The van der Waals surface area contributed by atoms with Crippen LogP contribution in [-0.4, -0.2) is 37.3 Å². The molecule has 0 aromatic carbocycles. The highest BCUT2D eigenvalue weighted by Crippen LogP contribution is 2.52. The average Bonchev–Trinajstić information content (AvgIpc) is 3.38. The molecule has 4 heterocycles. The van der Waals surface area contributed by atoms with Gasteiger partial charge in [0, 0.05) is 36.0 Å². The molecule has 3 atom stereocenters. The minimum atomic E-state index is -0.424. The number of aliphatic hydroxyl groups is 1. The van der Waals surface area contributed by atoms with Gasteiger partial charge < -0.3 is 15.0 Å². The van der Waals surface area contributed by atoms with E-state index in [-0.39, 0.29) is 0 Å². The van der Waals surface area contributed by atoms with E-state index in [1.54, 1.807) is 6.92 Å². The molecule has 1 aliphatic heterocycles. The fraction of sp³-hybridized carbons (Fsp3) is 0.409. The summed E-state index contributed by atoms with van der Waals surface area (Å²) >= 11 is 0. The Morgan fingerprint density at radius 1 is 1.25 bits per heavy atom. The first kappa shape index (κ1) is 17.4. The van der Waals surface area contributed by atoms with Gasteiger partial charge in [0.25, 0.3) is 0 Å². The second kappa shape index (κ2) is 6.71. The number of aryl methyl sites for hydroxylation is 1. The first-order chi connectivity index (χ1) is 13.6. The van der Waals surface area contributed by atoms with Crippen molar-refractivity contribution in [3.05, 3.63) is 48.0 Å². The van der Waals surface area contributed by atoms with Crippen molar-refractivity contribution in [3.63, 3.8) is 0 Å². The summed E-state index contributed by atoms with van der Waals surface area (Å²) in [5.74, 6) is 2.54. The summed E-state index contributed by atoms with van der Waals surface area (Å²) in [6.45, 7) is 4.25. The smallest absolute Gasteiger partial charge is 0.126 e. The number of imidazole rings is 1. The van der Waals surface area contributed by atoms with Crippen LogP contribution in [0.4, 0.5) is 5.82 Å². The van der Waals surface area contributed by atoms with Crippen molar-refractivity contribution in [3.8, 4) is 22.6 Å². The topological polar surface area (TPSA) is 75.9 Å². The molecule has 144 valence electrons. The molecule has 3 unspecified atom stereocenters. The van der Waals surface area contributed by atoms with E-state index in [9.17, 15) is 5.11 Å². The third-order valence-electron chi connectivity index (χ3n) is 5.82. The summed E-state index contributed by atoms with van der Waals surface area (Å²) in [6, 6.07) is 10.7. The lowest BCUT2D eigenvalue weighted by atomic mass is 10.1. The summed E-state index contributed by atoms with van der Waals surface area (Å²) in [4.78, 5) is 14.3. The minimum absolute atomic E-state index is 0.424. The van der Waals surface area contributed by atoms with E-state index in [0.29, 0.717) is 18.5 Å². The highest BCUT2D eigenvalue weighted by atomic mass is 16.3. The van der Waals surface area contributed by atoms with Gasteiger partial charge in [-0.15, -0.1) is 0 Å². The van der Waals surface area contributed by atoms with E-state index in [1.165, 1.54) is 25.1 Å². The van der Waals surface area contributed by atoms with Gasteiger partial charge in [0.2, 0.25) is 0 Å². The van der Waals surface area contributed by atoms with Crippen molar-refractivity contribution in [1.82, 2.24) is 19.5 Å². The lowest BCUT2D eigenvalue weighted by Gasteiger charge is -2.18. The predicted octanol–water partition coefficient (Wildman–Crippen LogP) is 3.93. The molecule has 1 aliphatic carbocycles. The van der Waals surface area contributed by atoms with E-state index in [0.717, 1.165) is 34.2 Å². The Balaban J connectivity index is 1.65. The zero-order valence-electron chi connectivity index (χ0n) is 16.3. The Morgan fingerprint density at radius 2 is 2.14 bits per heavy atom. The van der Waals surface area contributed by atoms with E-state index in [1.807, 2.05) is 37.4 Å². The maximum Gasteiger partial charge on any atom is 0.126 e. The van der Waals surface area contributed by atoms with Crippen LogP contribution < -0.4 is 5.32 Å². The summed E-state index contributed by atoms with van der Waals surface area (Å²) < 4.78 is 2.45. The summed E-state index contributed by atoms with van der Waals surface area (Å²) in [6.07, 6.45) is 5.06. The molecule has 0 amide bonds. The third-order valence-corrected chi connectivity index (χ3v) is 5.82. The molecule has 2 aliphatic rings. The van der Waals surface area contributed by atoms with Gasteiger partial charge in [-0.25, -0.2) is 9.97 Å². The average molecular weight is 375 g/mol. The van der Waals surface area contributed by atoms with Crippen molar-refractivity contribution < 1.29 is 5.11 Å². The summed E-state index contributed by atoms with van der Waals surface area (Å²) in [5.41, 5.74) is 5.11. The van der Waals surface area contributed by atoms with Crippen LogP contribution >= 0.6 is 0 Å². The first-order valence-corrected chi connectivity index (χ1v) is 10.0. The van der Waals surface area contributed by atoms with Crippen molar-refractivity contribution in [2.75, 3.05) is 11.9 Å². The Hall–Kier alpha value is -2.73. The molecule has 2 N–H and O–H groups in total. The van der Waals surface area contributed by atoms with Crippen LogP contribution in [0.15, 0.2) is 36.5 Å². The predicted molar refractivity (Wildman–Crippen MR) is 109 cm³/mol. The number of nitrogens with zero attached hydrogens (tertiary/aromatic N) is 4. The van der Waals surface area contributed by atoms with Gasteiger partial charge in [0.1, 0.15) is 17.3 Å². The van der Waals surface area contributed by atoms with Gasteiger partial charge in [0.15, 0.2) is 0 Å². The number of rotatable bonds is 5. The van der Waals surface area contributed by atoms with Gasteiger partial charge in [-0.2, -0.15) is 0 Å². The fourth-order valence-corrected chi connectivity index (χ4v) is 4.59. The van der Waals surface area contributed by atoms with Crippen LogP contribution in [0.5, 0.6) is 0 Å². The standard InChI is InChI=1S/C22H25N5O/c1-13-4-3-5-18(25-13)20-21(27-17-7-6-16(10-17)22(27)26-20)15-8-9-23-19(11-15)24-12-14(2)28/h3-5,8-9,11,14,16-17,28H,6-7,10,12H2,1-2H3,(H,23,24). The van der Waals surface area contributed by atoms with Crippen molar-refractivity contribution in [1.29, 1.82) is 0 Å². The molecule has 0 saturated heterocycles. The molecule has 5 rings (SSSR count). The molecule has 6 heteroatoms. The zero-order valence-corrected chi connectivity index (χ0v) is 16.3. The Kier molecular flexibility index (Phi) is 4.16. The Morgan fingerprint density at radius 3 is 2.96 bits per heavy atom. The monoisotopic (exact) mass is 375 g/mol. The molecule has 28 heavy (non-hydrogen) atoms. The van der Waals surface area contributed by atoms with Crippen LogP contribution in [0.1, 0.15) is 49.7 Å². The summed E-state index contributed by atoms with van der Waals surface area (Å²) in [7, 11) is 0. The molecule has 2 bridgehead atoms. The van der Waals surface area contributed by atoms with E-state index in [4.69, 9.17) is 9.97 Å². The van der Waals surface area contributed by atoms with Crippen LogP contribution in [0.2, 0.25) is 0 Å². The van der Waals surface area contributed by atoms with Crippen molar-refractivity contribution in [2.24, 2.45) is 0 Å². The zero-order chi connectivity index (χ0) is 19.3. The van der Waals surface area contributed by atoms with Crippen LogP contribution in [0, 0.1) is 6.92 Å². The molecule has 1 saturated carbocycles. The van der Waals surface area contributed by atoms with E-state index < -0.39 is 6.10 Å². The maximum absolute atomic E-state index is 9.57. The fourth-order valence-electron chi connectivity index (χ4n) is 4.59. The van der Waals surface area contributed by atoms with Gasteiger partial charge in [-0.05, 0) is 57.4 Å². The van der Waals surface area contributed by atoms with E-state index in [2.05, 4.69) is 20.9 Å². The number of hydrogen-bond acceptors (Lipinski definition) is 5. The van der Waals surface area contributed by atoms with Crippen molar-refractivity contribution >= 4 is 5.82 Å². The molecular weight excluding hydrogens is 350 g/mol. The highest BCUT2D eigenvalue weighted by Gasteiger charge is 2.41. The number of anilines is 1. The molecular formula is C22H25N5O. The Bertz CT molecular complexity index is 1030. The number of fused-ring (bicyclic) bond motifs is 5. The van der Waals surface area contributed by atoms with Gasteiger partial charge in [-0.3, -0.25) is 4.98 Å². The normalized spacial score (nSPS) is 21.0. The largest absolute Gasteiger partial charge is 0.392 e. The van der Waals surface area contributed by atoms with Crippen LogP contribution in [-0.2, 0) is 0 Å². The lowest BCUT2D eigenvalue weighted by molar-refractivity contribution is 0.208. The number of aliphatic hydroxyl groups excluding tert-OH is 1.